The number of hydrogen-bond acceptors (Lipinski definition) is 8. The highest BCUT2D eigenvalue weighted by Crippen LogP contribution is 2.40. The Morgan fingerprint density at radius 1 is 1.48 bits per heavy atom. The highest BCUT2D eigenvalue weighted by Gasteiger charge is 2.55. The van der Waals surface area contributed by atoms with Gasteiger partial charge in [-0.15, -0.1) is 0 Å². The maximum Gasteiger partial charge on any atom is 0.206 e. The van der Waals surface area contributed by atoms with Crippen LogP contribution in [0.25, 0.3) is 5.52 Å². The van der Waals surface area contributed by atoms with Crippen LogP contribution in [-0.2, 0) is 4.74 Å². The molecule has 0 aromatic carbocycles. The maximum absolute atomic E-state index is 10.1. The topological polar surface area (TPSA) is 150 Å². The number of hydrogen-bond donors (Lipinski definition) is 4. The molecule has 2 aromatic heterocycles. The summed E-state index contributed by atoms with van der Waals surface area (Å²) in [5.74, 6) is 0.248. The first-order valence-corrected chi connectivity index (χ1v) is 6.18. The van der Waals surface area contributed by atoms with Gasteiger partial charge in [-0.05, 0) is 12.1 Å². The van der Waals surface area contributed by atoms with Gasteiger partial charge in [-0.25, -0.2) is 9.50 Å². The third kappa shape index (κ3) is 1.78. The average molecular weight is 291 g/mol. The first-order valence-electron chi connectivity index (χ1n) is 6.18. The quantitative estimate of drug-likeness (QED) is 0.514. The van der Waals surface area contributed by atoms with E-state index in [1.54, 1.807) is 18.2 Å². The Kier molecular flexibility index (Phi) is 3.03. The molecule has 1 unspecified atom stereocenters. The van der Waals surface area contributed by atoms with E-state index in [9.17, 15) is 15.3 Å². The van der Waals surface area contributed by atoms with Crippen LogP contribution in [0.1, 0.15) is 11.8 Å². The molecule has 110 valence electrons. The van der Waals surface area contributed by atoms with E-state index in [4.69, 9.17) is 15.7 Å². The SMILES string of the molecule is N#C[C@]1(CO)OC(c2ccc3c(N)ncnn23)[C@H](O)[C@@H]1O. The molecule has 0 aliphatic carbocycles. The van der Waals surface area contributed by atoms with Crippen molar-refractivity contribution >= 4 is 11.3 Å². The van der Waals surface area contributed by atoms with Crippen molar-refractivity contribution in [1.82, 2.24) is 14.6 Å². The molecule has 2 aromatic rings. The van der Waals surface area contributed by atoms with Gasteiger partial charge in [0.25, 0.3) is 0 Å². The zero-order valence-electron chi connectivity index (χ0n) is 10.8. The molecule has 1 fully saturated rings. The van der Waals surface area contributed by atoms with Crippen molar-refractivity contribution in [2.24, 2.45) is 0 Å². The van der Waals surface area contributed by atoms with Crippen LogP contribution < -0.4 is 5.73 Å². The van der Waals surface area contributed by atoms with Crippen molar-refractivity contribution < 1.29 is 20.1 Å². The summed E-state index contributed by atoms with van der Waals surface area (Å²) in [6.45, 7) is -0.737. The number of nitrogens with two attached hydrogens (primary N) is 1. The lowest BCUT2D eigenvalue weighted by atomic mass is 9.96. The predicted octanol–water partition coefficient (Wildman–Crippen LogP) is -1.64. The fourth-order valence-corrected chi connectivity index (χ4v) is 2.49. The van der Waals surface area contributed by atoms with Gasteiger partial charge in [-0.3, -0.25) is 0 Å². The molecule has 1 aliphatic heterocycles. The minimum atomic E-state index is -1.87. The number of rotatable bonds is 2. The standard InChI is InChI=1S/C12H13N5O4/c13-3-12(4-18)10(20)8(19)9(21-12)6-1-2-7-11(14)15-5-16-17(6)7/h1-2,5,8-10,18-20H,4H2,(H2,14,15,16)/t8-,9?,10-,12+/m0/s1. The summed E-state index contributed by atoms with van der Waals surface area (Å²) in [6, 6.07) is 4.95. The predicted molar refractivity (Wildman–Crippen MR) is 68.7 cm³/mol. The summed E-state index contributed by atoms with van der Waals surface area (Å²) in [5.41, 5.74) is 4.76. The minimum absolute atomic E-state index is 0.248. The Hall–Kier alpha value is -2.25. The van der Waals surface area contributed by atoms with Crippen molar-refractivity contribution in [1.29, 1.82) is 5.26 Å². The van der Waals surface area contributed by atoms with E-state index in [0.29, 0.717) is 11.2 Å². The molecular weight excluding hydrogens is 278 g/mol. The number of nitrogen functional groups attached to an aromatic ring is 1. The lowest BCUT2D eigenvalue weighted by Crippen LogP contribution is -2.44. The second kappa shape index (κ2) is 4.64. The fraction of sp³-hybridized carbons (Fsp3) is 0.417. The number of nitriles is 1. The largest absolute Gasteiger partial charge is 0.392 e. The molecule has 9 heteroatoms. The summed E-state index contributed by atoms with van der Waals surface area (Å²) in [6.07, 6.45) is -2.70. The molecule has 0 saturated carbocycles. The molecule has 1 aliphatic rings. The van der Waals surface area contributed by atoms with Gasteiger partial charge in [-0.2, -0.15) is 10.4 Å². The lowest BCUT2D eigenvalue weighted by Gasteiger charge is -2.21. The van der Waals surface area contributed by atoms with E-state index in [0.717, 1.165) is 0 Å². The normalized spacial score (nSPS) is 32.4. The van der Waals surface area contributed by atoms with Gasteiger partial charge >= 0.3 is 0 Å². The molecule has 0 amide bonds. The van der Waals surface area contributed by atoms with Crippen LogP contribution in [-0.4, -0.2) is 54.3 Å². The molecule has 5 N–H and O–H groups in total. The number of aliphatic hydroxyl groups excluding tert-OH is 3. The Labute approximate surface area is 118 Å². The van der Waals surface area contributed by atoms with Crippen LogP contribution in [0.2, 0.25) is 0 Å². The number of anilines is 1. The van der Waals surface area contributed by atoms with Crippen molar-refractivity contribution in [3.63, 3.8) is 0 Å². The first-order chi connectivity index (χ1) is 10.0. The van der Waals surface area contributed by atoms with E-state index in [-0.39, 0.29) is 5.82 Å². The zero-order chi connectivity index (χ0) is 15.2. The third-order valence-electron chi connectivity index (χ3n) is 3.68. The van der Waals surface area contributed by atoms with E-state index in [1.165, 1.54) is 10.8 Å². The maximum atomic E-state index is 10.1. The summed E-state index contributed by atoms with van der Waals surface area (Å²) < 4.78 is 6.84. The van der Waals surface area contributed by atoms with E-state index < -0.39 is 30.5 Å². The highest BCUT2D eigenvalue weighted by molar-refractivity contribution is 5.65. The summed E-state index contributed by atoms with van der Waals surface area (Å²) in [7, 11) is 0. The van der Waals surface area contributed by atoms with E-state index in [1.807, 2.05) is 0 Å². The van der Waals surface area contributed by atoms with Crippen LogP contribution in [0.5, 0.6) is 0 Å². The Morgan fingerprint density at radius 3 is 2.86 bits per heavy atom. The summed E-state index contributed by atoms with van der Waals surface area (Å²) in [5, 5.41) is 42.5. The first kappa shape index (κ1) is 13.7. The van der Waals surface area contributed by atoms with Crippen LogP contribution >= 0.6 is 0 Å². The van der Waals surface area contributed by atoms with Crippen molar-refractivity contribution in [3.8, 4) is 6.07 Å². The van der Waals surface area contributed by atoms with Crippen molar-refractivity contribution in [2.75, 3.05) is 12.3 Å². The Balaban J connectivity index is 2.08. The van der Waals surface area contributed by atoms with Gasteiger partial charge in [-0.1, -0.05) is 0 Å². The smallest absolute Gasteiger partial charge is 0.206 e. The van der Waals surface area contributed by atoms with Gasteiger partial charge in [0.1, 0.15) is 36.2 Å². The fourth-order valence-electron chi connectivity index (χ4n) is 2.49. The molecule has 0 radical (unpaired) electrons. The number of fused-ring (bicyclic) bond motifs is 1. The van der Waals surface area contributed by atoms with Crippen LogP contribution in [0, 0.1) is 11.3 Å². The third-order valence-corrected chi connectivity index (χ3v) is 3.68. The Bertz CT molecular complexity index is 726. The second-order valence-corrected chi connectivity index (χ2v) is 4.83. The van der Waals surface area contributed by atoms with Gasteiger partial charge < -0.3 is 25.8 Å². The molecule has 0 spiro atoms. The minimum Gasteiger partial charge on any atom is -0.392 e. The molecule has 3 rings (SSSR count). The van der Waals surface area contributed by atoms with Crippen LogP contribution in [0.15, 0.2) is 18.5 Å². The molecule has 3 heterocycles. The van der Waals surface area contributed by atoms with Gasteiger partial charge in [0.15, 0.2) is 5.82 Å². The van der Waals surface area contributed by atoms with Crippen molar-refractivity contribution in [3.05, 3.63) is 24.2 Å². The molecule has 4 atom stereocenters. The molecular formula is C12H13N5O4. The van der Waals surface area contributed by atoms with Gasteiger partial charge in [0.2, 0.25) is 5.60 Å². The molecule has 0 bridgehead atoms. The monoisotopic (exact) mass is 291 g/mol. The van der Waals surface area contributed by atoms with Crippen molar-refractivity contribution in [2.45, 2.75) is 23.9 Å². The van der Waals surface area contributed by atoms with E-state index >= 15 is 0 Å². The Morgan fingerprint density at radius 2 is 2.24 bits per heavy atom. The average Bonchev–Trinajstić information content (AvgIpc) is 3.02. The molecule has 9 nitrogen and oxygen atoms in total. The van der Waals surface area contributed by atoms with Gasteiger partial charge in [0, 0.05) is 0 Å². The van der Waals surface area contributed by atoms with Gasteiger partial charge in [0.05, 0.1) is 12.3 Å². The summed E-state index contributed by atoms with van der Waals surface area (Å²) >= 11 is 0. The lowest BCUT2D eigenvalue weighted by molar-refractivity contribution is -0.0746. The zero-order valence-corrected chi connectivity index (χ0v) is 10.8. The molecule has 1 saturated heterocycles. The van der Waals surface area contributed by atoms with E-state index in [2.05, 4.69) is 10.1 Å². The number of aromatic nitrogens is 3. The van der Waals surface area contributed by atoms with Crippen LogP contribution in [0.4, 0.5) is 5.82 Å². The molecule has 21 heavy (non-hydrogen) atoms. The number of aliphatic hydroxyl groups is 3. The van der Waals surface area contributed by atoms with Crippen LogP contribution in [0.3, 0.4) is 0 Å². The highest BCUT2D eigenvalue weighted by atomic mass is 16.6. The number of nitrogens with zero attached hydrogens (tertiary/aromatic N) is 4. The number of ether oxygens (including phenoxy) is 1. The summed E-state index contributed by atoms with van der Waals surface area (Å²) in [4.78, 5) is 3.84. The second-order valence-electron chi connectivity index (χ2n) is 4.83.